The normalized spacial score (nSPS) is 11.8. The number of aliphatic hydroxyl groups is 1. The van der Waals surface area contributed by atoms with Crippen LogP contribution in [0, 0.1) is 0 Å². The third-order valence-corrected chi connectivity index (χ3v) is 3.14. The number of unbranched alkanes of at least 4 members (excludes halogenated alkanes) is 2. The number of benzene rings is 1. The van der Waals surface area contributed by atoms with E-state index in [1.165, 1.54) is 24.8 Å². The van der Waals surface area contributed by atoms with Crippen molar-refractivity contribution in [2.75, 3.05) is 6.61 Å². The van der Waals surface area contributed by atoms with Crippen molar-refractivity contribution in [1.82, 2.24) is 0 Å². The Balaban J connectivity index is 2.24. The summed E-state index contributed by atoms with van der Waals surface area (Å²) >= 11 is 0. The van der Waals surface area contributed by atoms with Gasteiger partial charge in [-0.25, -0.2) is 0 Å². The zero-order valence-corrected chi connectivity index (χ0v) is 10.9. The van der Waals surface area contributed by atoms with Crippen molar-refractivity contribution >= 4 is 0 Å². The molecule has 0 aliphatic rings. The average molecular weight is 232 g/mol. The molecule has 0 atom stereocenters. The van der Waals surface area contributed by atoms with Crippen LogP contribution in [0.2, 0.25) is 0 Å². The Morgan fingerprint density at radius 3 is 2.47 bits per heavy atom. The van der Waals surface area contributed by atoms with Gasteiger partial charge in [0, 0.05) is 6.61 Å². The fourth-order valence-electron chi connectivity index (χ4n) is 2.00. The summed E-state index contributed by atoms with van der Waals surface area (Å²) in [5, 5.41) is 8.73. The van der Waals surface area contributed by atoms with Crippen LogP contribution >= 0.6 is 0 Å². The van der Waals surface area contributed by atoms with Crippen molar-refractivity contribution in [2.45, 2.75) is 45.4 Å². The highest BCUT2D eigenvalue weighted by Crippen LogP contribution is 2.15. The van der Waals surface area contributed by atoms with E-state index in [1.54, 1.807) is 5.57 Å². The van der Waals surface area contributed by atoms with E-state index < -0.39 is 0 Å². The minimum atomic E-state index is 0.329. The van der Waals surface area contributed by atoms with Gasteiger partial charge in [0.2, 0.25) is 0 Å². The fraction of sp³-hybridized carbons (Fsp3) is 0.500. The van der Waals surface area contributed by atoms with E-state index in [9.17, 15) is 0 Å². The van der Waals surface area contributed by atoms with Crippen molar-refractivity contribution in [2.24, 2.45) is 0 Å². The third kappa shape index (κ3) is 6.28. The second kappa shape index (κ2) is 9.00. The van der Waals surface area contributed by atoms with Gasteiger partial charge in [0.1, 0.15) is 0 Å². The van der Waals surface area contributed by atoms with E-state index in [1.807, 2.05) is 0 Å². The summed E-state index contributed by atoms with van der Waals surface area (Å²) in [6.07, 6.45) is 9.02. The molecular formula is C16H24O. The Morgan fingerprint density at radius 1 is 1.06 bits per heavy atom. The van der Waals surface area contributed by atoms with Crippen molar-refractivity contribution < 1.29 is 5.11 Å². The Labute approximate surface area is 105 Å². The Hall–Kier alpha value is -1.08. The van der Waals surface area contributed by atoms with Crippen LogP contribution < -0.4 is 0 Å². The molecule has 0 aromatic heterocycles. The maximum absolute atomic E-state index is 8.73. The third-order valence-electron chi connectivity index (χ3n) is 3.14. The number of allylic oxidation sites excluding steroid dienone is 2. The molecule has 1 rings (SSSR count). The van der Waals surface area contributed by atoms with Gasteiger partial charge in [-0.15, -0.1) is 0 Å². The zero-order chi connectivity index (χ0) is 12.3. The number of rotatable bonds is 8. The molecule has 0 radical (unpaired) electrons. The molecule has 17 heavy (non-hydrogen) atoms. The standard InChI is InChI=1S/C16H24O/c1-2-15(9-7-4-8-14-17)12-13-16-10-5-3-6-11-16/h2-3,5-6,10-11,17H,4,7-9,12-14H2,1H3. The lowest BCUT2D eigenvalue weighted by Gasteiger charge is -2.07. The summed E-state index contributed by atoms with van der Waals surface area (Å²) in [6, 6.07) is 10.7. The molecule has 1 N–H and O–H groups in total. The quantitative estimate of drug-likeness (QED) is 0.528. The summed E-state index contributed by atoms with van der Waals surface area (Å²) in [5.74, 6) is 0. The molecule has 1 aromatic carbocycles. The van der Waals surface area contributed by atoms with E-state index in [-0.39, 0.29) is 0 Å². The van der Waals surface area contributed by atoms with Crippen LogP contribution in [0.3, 0.4) is 0 Å². The number of aryl methyl sites for hydroxylation is 1. The Bertz CT molecular complexity index is 314. The lowest BCUT2D eigenvalue weighted by molar-refractivity contribution is 0.283. The van der Waals surface area contributed by atoms with E-state index in [2.05, 4.69) is 43.3 Å². The Morgan fingerprint density at radius 2 is 1.82 bits per heavy atom. The first-order chi connectivity index (χ1) is 8.36. The van der Waals surface area contributed by atoms with Crippen molar-refractivity contribution in [3.05, 3.63) is 47.5 Å². The first-order valence-corrected chi connectivity index (χ1v) is 6.65. The van der Waals surface area contributed by atoms with E-state index in [0.717, 1.165) is 19.3 Å². The largest absolute Gasteiger partial charge is 0.396 e. The summed E-state index contributed by atoms with van der Waals surface area (Å²) in [7, 11) is 0. The van der Waals surface area contributed by atoms with Gasteiger partial charge in [-0.3, -0.25) is 0 Å². The van der Waals surface area contributed by atoms with Gasteiger partial charge in [0.15, 0.2) is 0 Å². The molecular weight excluding hydrogens is 208 g/mol. The van der Waals surface area contributed by atoms with Crippen LogP contribution in [0.4, 0.5) is 0 Å². The molecule has 0 saturated carbocycles. The van der Waals surface area contributed by atoms with Crippen LogP contribution in [0.1, 0.15) is 44.6 Å². The molecule has 0 heterocycles. The second-order valence-electron chi connectivity index (χ2n) is 4.47. The molecule has 0 fully saturated rings. The van der Waals surface area contributed by atoms with Gasteiger partial charge in [0.05, 0.1) is 0 Å². The van der Waals surface area contributed by atoms with Crippen LogP contribution in [0.25, 0.3) is 0 Å². The molecule has 0 aliphatic carbocycles. The average Bonchev–Trinajstić information content (AvgIpc) is 2.39. The SMILES string of the molecule is CC=C(CCCCCO)CCc1ccccc1. The summed E-state index contributed by atoms with van der Waals surface area (Å²) < 4.78 is 0. The van der Waals surface area contributed by atoms with Gasteiger partial charge in [-0.05, 0) is 44.6 Å². The van der Waals surface area contributed by atoms with Crippen LogP contribution in [0.5, 0.6) is 0 Å². The highest BCUT2D eigenvalue weighted by atomic mass is 16.2. The van der Waals surface area contributed by atoms with Gasteiger partial charge in [-0.1, -0.05) is 48.4 Å². The lowest BCUT2D eigenvalue weighted by Crippen LogP contribution is -1.91. The molecule has 1 heteroatoms. The molecule has 0 amide bonds. The molecule has 0 saturated heterocycles. The topological polar surface area (TPSA) is 20.2 Å². The highest BCUT2D eigenvalue weighted by molar-refractivity contribution is 5.16. The predicted octanol–water partition coefficient (Wildman–Crippen LogP) is 4.12. The van der Waals surface area contributed by atoms with Crippen molar-refractivity contribution in [3.8, 4) is 0 Å². The maximum atomic E-state index is 8.73. The molecule has 0 aliphatic heterocycles. The maximum Gasteiger partial charge on any atom is 0.0431 e. The zero-order valence-electron chi connectivity index (χ0n) is 10.9. The van der Waals surface area contributed by atoms with E-state index in [4.69, 9.17) is 5.11 Å². The van der Waals surface area contributed by atoms with E-state index in [0.29, 0.717) is 6.61 Å². The highest BCUT2D eigenvalue weighted by Gasteiger charge is 1.98. The van der Waals surface area contributed by atoms with Gasteiger partial charge in [0.25, 0.3) is 0 Å². The minimum absolute atomic E-state index is 0.329. The number of hydrogen-bond acceptors (Lipinski definition) is 1. The van der Waals surface area contributed by atoms with Crippen molar-refractivity contribution in [3.63, 3.8) is 0 Å². The molecule has 94 valence electrons. The number of aliphatic hydroxyl groups excluding tert-OH is 1. The summed E-state index contributed by atoms with van der Waals surface area (Å²) in [4.78, 5) is 0. The van der Waals surface area contributed by atoms with Gasteiger partial charge < -0.3 is 5.11 Å². The fourth-order valence-corrected chi connectivity index (χ4v) is 2.00. The predicted molar refractivity (Wildman–Crippen MR) is 74.1 cm³/mol. The molecule has 1 aromatic rings. The smallest absolute Gasteiger partial charge is 0.0431 e. The second-order valence-corrected chi connectivity index (χ2v) is 4.47. The summed E-state index contributed by atoms with van der Waals surface area (Å²) in [5.41, 5.74) is 2.97. The van der Waals surface area contributed by atoms with Crippen LogP contribution in [-0.2, 0) is 6.42 Å². The molecule has 1 nitrogen and oxygen atoms in total. The minimum Gasteiger partial charge on any atom is -0.396 e. The van der Waals surface area contributed by atoms with Crippen molar-refractivity contribution in [1.29, 1.82) is 0 Å². The first-order valence-electron chi connectivity index (χ1n) is 6.65. The van der Waals surface area contributed by atoms with E-state index >= 15 is 0 Å². The van der Waals surface area contributed by atoms with Crippen LogP contribution in [-0.4, -0.2) is 11.7 Å². The van der Waals surface area contributed by atoms with Gasteiger partial charge >= 0.3 is 0 Å². The molecule has 0 unspecified atom stereocenters. The Kier molecular flexibility index (Phi) is 7.40. The van der Waals surface area contributed by atoms with Gasteiger partial charge in [-0.2, -0.15) is 0 Å². The first kappa shape index (κ1) is 14.0. The van der Waals surface area contributed by atoms with Crippen LogP contribution in [0.15, 0.2) is 42.0 Å². The molecule has 0 spiro atoms. The summed E-state index contributed by atoms with van der Waals surface area (Å²) in [6.45, 7) is 2.46. The number of hydrogen-bond donors (Lipinski definition) is 1. The monoisotopic (exact) mass is 232 g/mol. The molecule has 0 bridgehead atoms. The lowest BCUT2D eigenvalue weighted by atomic mass is 9.99.